The minimum absolute atomic E-state index is 0.110. The zero-order valence-corrected chi connectivity index (χ0v) is 15.5. The van der Waals surface area contributed by atoms with Gasteiger partial charge in [0.1, 0.15) is 0 Å². The summed E-state index contributed by atoms with van der Waals surface area (Å²) < 4.78 is 29.8. The van der Waals surface area contributed by atoms with Gasteiger partial charge in [0.05, 0.1) is 11.2 Å². The number of hydrogen-bond acceptors (Lipinski definition) is 4. The van der Waals surface area contributed by atoms with Crippen LogP contribution in [0.4, 0.5) is 5.82 Å². The van der Waals surface area contributed by atoms with Crippen molar-refractivity contribution < 1.29 is 8.42 Å². The van der Waals surface area contributed by atoms with Gasteiger partial charge in [0.25, 0.3) is 10.2 Å². The van der Waals surface area contributed by atoms with Gasteiger partial charge in [-0.3, -0.25) is 0 Å². The van der Waals surface area contributed by atoms with Gasteiger partial charge in [0, 0.05) is 59.6 Å². The summed E-state index contributed by atoms with van der Waals surface area (Å²) >= 11 is 0. The van der Waals surface area contributed by atoms with Gasteiger partial charge in [-0.05, 0) is 25.0 Å². The Balaban J connectivity index is 1.95. The van der Waals surface area contributed by atoms with Crippen molar-refractivity contribution in [1.29, 1.82) is 0 Å². The lowest BCUT2D eigenvalue weighted by atomic mass is 9.96. The Hall–Kier alpha value is -1.64. The molecule has 0 radical (unpaired) electrons. The second kappa shape index (κ2) is 6.34. The van der Waals surface area contributed by atoms with Crippen LogP contribution in [0, 0.1) is 0 Å². The average Bonchev–Trinajstić information content (AvgIpc) is 3.02. The van der Waals surface area contributed by atoms with E-state index in [4.69, 9.17) is 4.98 Å². The molecule has 2 aromatic rings. The lowest BCUT2D eigenvalue weighted by Crippen LogP contribution is -2.45. The molecule has 0 unspecified atom stereocenters. The van der Waals surface area contributed by atoms with E-state index in [0.717, 1.165) is 29.9 Å². The van der Waals surface area contributed by atoms with E-state index in [1.165, 1.54) is 4.31 Å². The van der Waals surface area contributed by atoms with Gasteiger partial charge < -0.3 is 9.30 Å². The van der Waals surface area contributed by atoms with Crippen LogP contribution in [0.25, 0.3) is 5.52 Å². The van der Waals surface area contributed by atoms with Crippen molar-refractivity contribution in [3.05, 3.63) is 30.2 Å². The molecule has 2 aromatic heterocycles. The van der Waals surface area contributed by atoms with Crippen LogP contribution in [0.2, 0.25) is 0 Å². The second-order valence-corrected chi connectivity index (χ2v) is 8.81. The van der Waals surface area contributed by atoms with Gasteiger partial charge in [0.2, 0.25) is 0 Å². The Labute approximate surface area is 143 Å². The lowest BCUT2D eigenvalue weighted by Gasteiger charge is -2.33. The highest BCUT2D eigenvalue weighted by atomic mass is 32.2. The molecule has 3 heterocycles. The summed E-state index contributed by atoms with van der Waals surface area (Å²) in [6.45, 7) is 1.05. The van der Waals surface area contributed by atoms with Crippen LogP contribution < -0.4 is 4.90 Å². The van der Waals surface area contributed by atoms with Gasteiger partial charge in [-0.2, -0.15) is 17.0 Å². The van der Waals surface area contributed by atoms with E-state index < -0.39 is 10.2 Å². The van der Waals surface area contributed by atoms with Gasteiger partial charge in [0.15, 0.2) is 5.82 Å². The summed E-state index contributed by atoms with van der Waals surface area (Å²) in [5.74, 6) is 1.02. The van der Waals surface area contributed by atoms with Gasteiger partial charge >= 0.3 is 0 Å². The molecule has 0 amide bonds. The molecule has 0 saturated carbocycles. The SMILES string of the molecule is CN(C)c1nc([C@H]2CCCN(S(=O)(=O)N(C)C)C2)cn2cccc12. The second-order valence-electron chi connectivity index (χ2n) is 6.67. The molecule has 1 fully saturated rings. The predicted octanol–water partition coefficient (Wildman–Crippen LogP) is 1.39. The standard InChI is InChI=1S/C16H25N5O2S/c1-18(2)16-15-8-6-9-20(15)12-14(17-16)13-7-5-10-21(11-13)24(22,23)19(3)4/h6,8-9,12-13H,5,7,10-11H2,1-4H3/t13-/m0/s1. The van der Waals surface area contributed by atoms with E-state index in [1.54, 1.807) is 18.4 Å². The number of hydrogen-bond donors (Lipinski definition) is 0. The molecule has 24 heavy (non-hydrogen) atoms. The minimum atomic E-state index is -3.38. The van der Waals surface area contributed by atoms with E-state index >= 15 is 0 Å². The molecule has 1 atom stereocenters. The summed E-state index contributed by atoms with van der Waals surface area (Å²) in [5.41, 5.74) is 2.00. The molecule has 1 aliphatic rings. The number of fused-ring (bicyclic) bond motifs is 1. The molecule has 8 heteroatoms. The first-order chi connectivity index (χ1) is 11.3. The molecule has 7 nitrogen and oxygen atoms in total. The van der Waals surface area contributed by atoms with Gasteiger partial charge in [-0.15, -0.1) is 0 Å². The third kappa shape index (κ3) is 3.01. The third-order valence-corrected chi connectivity index (χ3v) is 6.44. The highest BCUT2D eigenvalue weighted by molar-refractivity contribution is 7.86. The van der Waals surface area contributed by atoms with Crippen LogP contribution in [0.1, 0.15) is 24.5 Å². The van der Waals surface area contributed by atoms with Crippen LogP contribution in [0.15, 0.2) is 24.5 Å². The third-order valence-electron chi connectivity index (χ3n) is 4.53. The molecule has 1 saturated heterocycles. The number of piperidine rings is 1. The van der Waals surface area contributed by atoms with Crippen LogP contribution in [-0.4, -0.2) is 67.7 Å². The fraction of sp³-hybridized carbons (Fsp3) is 0.562. The molecule has 3 rings (SSSR count). The fourth-order valence-corrected chi connectivity index (χ4v) is 4.39. The lowest BCUT2D eigenvalue weighted by molar-refractivity contribution is 0.296. The van der Waals surface area contributed by atoms with Gasteiger partial charge in [-0.1, -0.05) is 0 Å². The zero-order valence-electron chi connectivity index (χ0n) is 14.7. The van der Waals surface area contributed by atoms with Crippen molar-refractivity contribution in [2.75, 3.05) is 46.2 Å². The quantitative estimate of drug-likeness (QED) is 0.835. The van der Waals surface area contributed by atoms with Crippen molar-refractivity contribution in [3.8, 4) is 0 Å². The Kier molecular flexibility index (Phi) is 4.54. The van der Waals surface area contributed by atoms with Crippen molar-refractivity contribution in [2.24, 2.45) is 0 Å². The van der Waals surface area contributed by atoms with Gasteiger partial charge in [-0.25, -0.2) is 4.98 Å². The highest BCUT2D eigenvalue weighted by Crippen LogP contribution is 2.30. The van der Waals surface area contributed by atoms with Crippen LogP contribution in [0.5, 0.6) is 0 Å². The fourth-order valence-electron chi connectivity index (χ4n) is 3.20. The molecular weight excluding hydrogens is 326 g/mol. The molecular formula is C16H25N5O2S. The first kappa shape index (κ1) is 17.2. The van der Waals surface area contributed by atoms with E-state index in [-0.39, 0.29) is 5.92 Å². The molecule has 0 N–H and O–H groups in total. The molecule has 0 spiro atoms. The first-order valence-corrected chi connectivity index (χ1v) is 9.53. The Morgan fingerprint density at radius 1 is 1.25 bits per heavy atom. The zero-order chi connectivity index (χ0) is 17.5. The highest BCUT2D eigenvalue weighted by Gasteiger charge is 2.32. The maximum absolute atomic E-state index is 12.4. The maximum atomic E-state index is 12.4. The normalized spacial score (nSPS) is 20.0. The smallest absolute Gasteiger partial charge is 0.281 e. The summed E-state index contributed by atoms with van der Waals surface area (Å²) in [6, 6.07) is 4.03. The molecule has 0 aliphatic carbocycles. The number of rotatable bonds is 4. The summed E-state index contributed by atoms with van der Waals surface area (Å²) in [6.07, 6.45) is 5.83. The summed E-state index contributed by atoms with van der Waals surface area (Å²) in [4.78, 5) is 6.82. The summed E-state index contributed by atoms with van der Waals surface area (Å²) in [7, 11) is 3.73. The topological polar surface area (TPSA) is 61.2 Å². The molecule has 1 aliphatic heterocycles. The number of aromatic nitrogens is 2. The summed E-state index contributed by atoms with van der Waals surface area (Å²) in [5, 5.41) is 0. The predicted molar refractivity (Wildman–Crippen MR) is 95.7 cm³/mol. The van der Waals surface area contributed by atoms with Crippen LogP contribution in [-0.2, 0) is 10.2 Å². The van der Waals surface area contributed by atoms with Crippen molar-refractivity contribution >= 4 is 21.5 Å². The van der Waals surface area contributed by atoms with E-state index in [2.05, 4.69) is 4.40 Å². The van der Waals surface area contributed by atoms with E-state index in [0.29, 0.717) is 13.1 Å². The Morgan fingerprint density at radius 3 is 2.67 bits per heavy atom. The van der Waals surface area contributed by atoms with E-state index in [9.17, 15) is 8.42 Å². The Bertz CT molecular complexity index is 828. The maximum Gasteiger partial charge on any atom is 0.281 e. The number of anilines is 1. The first-order valence-electron chi connectivity index (χ1n) is 8.13. The Morgan fingerprint density at radius 2 is 2.00 bits per heavy atom. The molecule has 132 valence electrons. The van der Waals surface area contributed by atoms with Crippen LogP contribution in [0.3, 0.4) is 0 Å². The molecule has 0 bridgehead atoms. The van der Waals surface area contributed by atoms with Crippen molar-refractivity contribution in [1.82, 2.24) is 18.0 Å². The minimum Gasteiger partial charge on any atom is -0.361 e. The van der Waals surface area contributed by atoms with Crippen molar-refractivity contribution in [3.63, 3.8) is 0 Å². The van der Waals surface area contributed by atoms with Crippen LogP contribution >= 0.6 is 0 Å². The monoisotopic (exact) mass is 351 g/mol. The average molecular weight is 351 g/mol. The number of nitrogens with zero attached hydrogens (tertiary/aromatic N) is 5. The van der Waals surface area contributed by atoms with Crippen molar-refractivity contribution in [2.45, 2.75) is 18.8 Å². The molecule has 0 aromatic carbocycles. The largest absolute Gasteiger partial charge is 0.361 e. The van der Waals surface area contributed by atoms with E-state index in [1.807, 2.05) is 43.5 Å².